The van der Waals surface area contributed by atoms with E-state index < -0.39 is 0 Å². The Hall–Kier alpha value is -1.25. The van der Waals surface area contributed by atoms with Crippen molar-refractivity contribution >= 4 is 5.91 Å². The van der Waals surface area contributed by atoms with E-state index >= 15 is 0 Å². The molecule has 0 unspecified atom stereocenters. The Labute approximate surface area is 90.5 Å². The number of hydrogen-bond acceptors (Lipinski definition) is 1. The first kappa shape index (κ1) is 10.3. The summed E-state index contributed by atoms with van der Waals surface area (Å²) in [7, 11) is 0. The lowest BCUT2D eigenvalue weighted by atomic mass is 9.98. The number of rotatable bonds is 1. The van der Waals surface area contributed by atoms with Crippen LogP contribution in [-0.2, 0) is 0 Å². The van der Waals surface area contributed by atoms with E-state index in [1.807, 2.05) is 18.0 Å². The van der Waals surface area contributed by atoms with Crippen LogP contribution in [0.3, 0.4) is 0 Å². The molecule has 2 rings (SSSR count). The monoisotopic (exact) mass is 206 g/mol. The lowest BCUT2D eigenvalue weighted by Crippen LogP contribution is -2.38. The highest BCUT2D eigenvalue weighted by Gasteiger charge is 2.22. The Morgan fingerprint density at radius 2 is 2.07 bits per heavy atom. The second-order valence-corrected chi connectivity index (χ2v) is 4.53. The maximum atomic E-state index is 12.1. The fourth-order valence-electron chi connectivity index (χ4n) is 2.05. The number of nitrogens with one attached hydrogen (secondary N) is 1. The third kappa shape index (κ3) is 2.06. The zero-order valence-electron chi connectivity index (χ0n) is 9.42. The van der Waals surface area contributed by atoms with E-state index in [4.69, 9.17) is 0 Å². The average molecular weight is 206 g/mol. The van der Waals surface area contributed by atoms with Crippen molar-refractivity contribution in [2.45, 2.75) is 26.7 Å². The topological polar surface area (TPSA) is 36.1 Å². The van der Waals surface area contributed by atoms with Gasteiger partial charge in [0.25, 0.3) is 5.91 Å². The van der Waals surface area contributed by atoms with Gasteiger partial charge in [-0.15, -0.1) is 0 Å². The first-order valence-corrected chi connectivity index (χ1v) is 5.61. The van der Waals surface area contributed by atoms with E-state index in [1.54, 1.807) is 6.20 Å². The molecule has 1 fully saturated rings. The van der Waals surface area contributed by atoms with Crippen LogP contribution in [-0.4, -0.2) is 28.9 Å². The van der Waals surface area contributed by atoms with Crippen LogP contribution >= 0.6 is 0 Å². The summed E-state index contributed by atoms with van der Waals surface area (Å²) in [5.41, 5.74) is 1.86. The lowest BCUT2D eigenvalue weighted by Gasteiger charge is -2.30. The number of amides is 1. The molecular weight excluding hydrogens is 188 g/mol. The molecule has 1 aliphatic rings. The van der Waals surface area contributed by atoms with Crippen LogP contribution in [0.15, 0.2) is 12.4 Å². The molecule has 0 aromatic carbocycles. The second kappa shape index (κ2) is 4.09. The molecule has 0 radical (unpaired) electrons. The summed E-state index contributed by atoms with van der Waals surface area (Å²) in [4.78, 5) is 17.0. The van der Waals surface area contributed by atoms with Crippen molar-refractivity contribution in [3.05, 3.63) is 23.5 Å². The Morgan fingerprint density at radius 3 is 2.60 bits per heavy atom. The third-order valence-corrected chi connectivity index (χ3v) is 3.25. The Morgan fingerprint density at radius 1 is 1.40 bits per heavy atom. The smallest absolute Gasteiger partial charge is 0.255 e. The number of aromatic amines is 1. The molecular formula is C12H18N2O. The van der Waals surface area contributed by atoms with Crippen LogP contribution in [0, 0.1) is 12.8 Å². The van der Waals surface area contributed by atoms with Crippen molar-refractivity contribution < 1.29 is 4.79 Å². The van der Waals surface area contributed by atoms with Gasteiger partial charge >= 0.3 is 0 Å². The summed E-state index contributed by atoms with van der Waals surface area (Å²) in [5, 5.41) is 0. The number of aryl methyl sites for hydroxylation is 1. The van der Waals surface area contributed by atoms with Gasteiger partial charge in [0, 0.05) is 25.5 Å². The SMILES string of the molecule is Cc1c[nH]cc1C(=O)N1CCC(C)CC1. The van der Waals surface area contributed by atoms with Gasteiger partial charge in [0.1, 0.15) is 0 Å². The van der Waals surface area contributed by atoms with Crippen molar-refractivity contribution in [3.63, 3.8) is 0 Å². The number of piperidine rings is 1. The first-order valence-electron chi connectivity index (χ1n) is 5.61. The molecule has 1 aliphatic heterocycles. The molecule has 0 spiro atoms. The number of nitrogens with zero attached hydrogens (tertiary/aromatic N) is 1. The fourth-order valence-corrected chi connectivity index (χ4v) is 2.05. The van der Waals surface area contributed by atoms with Gasteiger partial charge in [-0.1, -0.05) is 6.92 Å². The van der Waals surface area contributed by atoms with Crippen LogP contribution in [0.25, 0.3) is 0 Å². The van der Waals surface area contributed by atoms with Gasteiger partial charge in [0.15, 0.2) is 0 Å². The molecule has 0 saturated carbocycles. The van der Waals surface area contributed by atoms with Gasteiger partial charge in [-0.2, -0.15) is 0 Å². The van der Waals surface area contributed by atoms with Gasteiger partial charge in [0.05, 0.1) is 5.56 Å². The molecule has 1 amide bonds. The molecule has 1 saturated heterocycles. The number of aromatic nitrogens is 1. The summed E-state index contributed by atoms with van der Waals surface area (Å²) in [5.74, 6) is 0.946. The van der Waals surface area contributed by atoms with Crippen LogP contribution in [0.1, 0.15) is 35.7 Å². The maximum Gasteiger partial charge on any atom is 0.255 e. The van der Waals surface area contributed by atoms with Crippen LogP contribution in [0.2, 0.25) is 0 Å². The fraction of sp³-hybridized carbons (Fsp3) is 0.583. The number of hydrogen-bond donors (Lipinski definition) is 1. The highest BCUT2D eigenvalue weighted by Crippen LogP contribution is 2.19. The van der Waals surface area contributed by atoms with E-state index in [0.717, 1.165) is 43.0 Å². The van der Waals surface area contributed by atoms with Crippen molar-refractivity contribution in [1.29, 1.82) is 0 Å². The summed E-state index contributed by atoms with van der Waals surface area (Å²) in [6, 6.07) is 0. The minimum atomic E-state index is 0.181. The molecule has 0 bridgehead atoms. The molecule has 82 valence electrons. The molecule has 1 aromatic rings. The average Bonchev–Trinajstić information content (AvgIpc) is 2.65. The standard InChI is InChI=1S/C12H18N2O/c1-9-3-5-14(6-4-9)12(15)11-8-13-7-10(11)2/h7-9,13H,3-6H2,1-2H3. The highest BCUT2D eigenvalue weighted by atomic mass is 16.2. The Bertz CT molecular complexity index is 348. The minimum absolute atomic E-state index is 0.181. The van der Waals surface area contributed by atoms with Gasteiger partial charge in [-0.25, -0.2) is 0 Å². The van der Waals surface area contributed by atoms with E-state index in [2.05, 4.69) is 11.9 Å². The van der Waals surface area contributed by atoms with E-state index in [9.17, 15) is 4.79 Å². The zero-order chi connectivity index (χ0) is 10.8. The summed E-state index contributed by atoms with van der Waals surface area (Å²) >= 11 is 0. The van der Waals surface area contributed by atoms with Crippen molar-refractivity contribution in [1.82, 2.24) is 9.88 Å². The molecule has 1 N–H and O–H groups in total. The predicted octanol–water partition coefficient (Wildman–Crippen LogP) is 2.20. The van der Waals surface area contributed by atoms with E-state index in [1.165, 1.54) is 0 Å². The van der Waals surface area contributed by atoms with Gasteiger partial charge in [-0.3, -0.25) is 4.79 Å². The minimum Gasteiger partial charge on any atom is -0.367 e. The first-order chi connectivity index (χ1) is 7.18. The lowest BCUT2D eigenvalue weighted by molar-refractivity contribution is 0.0697. The predicted molar refractivity (Wildman–Crippen MR) is 59.8 cm³/mol. The normalized spacial score (nSPS) is 18.1. The number of H-pyrrole nitrogens is 1. The van der Waals surface area contributed by atoms with Crippen LogP contribution in [0.5, 0.6) is 0 Å². The summed E-state index contributed by atoms with van der Waals surface area (Å²) in [6.45, 7) is 6.04. The molecule has 3 heteroatoms. The van der Waals surface area contributed by atoms with Gasteiger partial charge in [-0.05, 0) is 31.2 Å². The Kier molecular flexibility index (Phi) is 2.80. The largest absolute Gasteiger partial charge is 0.367 e. The third-order valence-electron chi connectivity index (χ3n) is 3.25. The number of carbonyl (C=O) groups excluding carboxylic acids is 1. The number of carbonyl (C=O) groups is 1. The zero-order valence-corrected chi connectivity index (χ0v) is 9.42. The summed E-state index contributed by atoms with van der Waals surface area (Å²) in [6.07, 6.45) is 5.94. The van der Waals surface area contributed by atoms with Gasteiger partial charge < -0.3 is 9.88 Å². The van der Waals surface area contributed by atoms with E-state index in [-0.39, 0.29) is 5.91 Å². The molecule has 0 aliphatic carbocycles. The number of likely N-dealkylation sites (tertiary alicyclic amines) is 1. The van der Waals surface area contributed by atoms with Crippen LogP contribution < -0.4 is 0 Å². The quantitative estimate of drug-likeness (QED) is 0.751. The highest BCUT2D eigenvalue weighted by molar-refractivity contribution is 5.95. The van der Waals surface area contributed by atoms with Crippen molar-refractivity contribution in [2.24, 2.45) is 5.92 Å². The maximum absolute atomic E-state index is 12.1. The molecule has 15 heavy (non-hydrogen) atoms. The van der Waals surface area contributed by atoms with Crippen molar-refractivity contribution in [3.8, 4) is 0 Å². The van der Waals surface area contributed by atoms with Crippen LogP contribution in [0.4, 0.5) is 0 Å². The second-order valence-electron chi connectivity index (χ2n) is 4.53. The van der Waals surface area contributed by atoms with Crippen molar-refractivity contribution in [2.75, 3.05) is 13.1 Å². The Balaban J connectivity index is 2.06. The van der Waals surface area contributed by atoms with E-state index in [0.29, 0.717) is 0 Å². The molecule has 0 atom stereocenters. The van der Waals surface area contributed by atoms with Gasteiger partial charge in [0.2, 0.25) is 0 Å². The molecule has 2 heterocycles. The molecule has 3 nitrogen and oxygen atoms in total. The molecule has 1 aromatic heterocycles. The summed E-state index contributed by atoms with van der Waals surface area (Å²) < 4.78 is 0.